The Morgan fingerprint density at radius 3 is 1.56 bits per heavy atom. The molecule has 21 heteroatoms. The molecule has 4 aromatic heterocycles. The summed E-state index contributed by atoms with van der Waals surface area (Å²) in [6.07, 6.45) is 6.77. The minimum Gasteiger partial charge on any atom is -1.00 e. The zero-order valence-electron chi connectivity index (χ0n) is 49.4. The third-order valence-electron chi connectivity index (χ3n) is 14.4. The minimum atomic E-state index is -1.28. The first-order valence-corrected chi connectivity index (χ1v) is 31.1. The first-order valence-electron chi connectivity index (χ1n) is 27.4. The quantitative estimate of drug-likeness (QED) is 0.0590. The number of H-pyrrole nitrogens is 1. The first kappa shape index (κ1) is 63.4. The van der Waals surface area contributed by atoms with Crippen LogP contribution in [0.3, 0.4) is 0 Å². The molecule has 2 aliphatic heterocycles. The molecule has 0 radical (unpaired) electrons. The normalized spacial score (nSPS) is 14.1. The predicted octanol–water partition coefficient (Wildman–Crippen LogP) is 8.87. The molecule has 8 aromatic rings. The van der Waals surface area contributed by atoms with Crippen LogP contribution < -0.4 is 71.8 Å². The molecule has 4 aromatic carbocycles. The molecule has 0 atom stereocenters. The summed E-state index contributed by atoms with van der Waals surface area (Å²) in [6, 6.07) is 29.6. The fourth-order valence-corrected chi connectivity index (χ4v) is 10.3. The number of nitrogens with zero attached hydrogens (tertiary/aromatic N) is 11. The number of likely N-dealkylation sites (N-methyl/N-ethyl adjacent to an activating group) is 2. The summed E-state index contributed by atoms with van der Waals surface area (Å²) in [6.45, 7) is 24.1. The van der Waals surface area contributed by atoms with E-state index < -0.39 is 8.07 Å². The second-order valence-electron chi connectivity index (χ2n) is 22.4. The fraction of sp³-hybridized carbons (Fsp3) is 0.377. The van der Waals surface area contributed by atoms with Crippen molar-refractivity contribution >= 4 is 42.6 Å². The average Bonchev–Trinajstić information content (AvgIpc) is 4.49. The molecule has 2 saturated heterocycles. The zero-order chi connectivity index (χ0) is 56.7. The van der Waals surface area contributed by atoms with E-state index >= 15 is 0 Å². The summed E-state index contributed by atoms with van der Waals surface area (Å²) >= 11 is 0. The van der Waals surface area contributed by atoms with E-state index in [1.54, 1.807) is 43.1 Å². The molecule has 82 heavy (non-hydrogen) atoms. The van der Waals surface area contributed by atoms with Gasteiger partial charge in [0, 0.05) is 119 Å². The minimum absolute atomic E-state index is 0. The van der Waals surface area contributed by atoms with Gasteiger partial charge in [-0.2, -0.15) is 0 Å². The molecule has 17 nitrogen and oxygen atoms in total. The average molecular weight is 1160 g/mol. The number of hydrogen-bond donors (Lipinski definition) is 3. The van der Waals surface area contributed by atoms with E-state index in [1.807, 2.05) is 76.1 Å². The smallest absolute Gasteiger partial charge is 1.00 e. The van der Waals surface area contributed by atoms with Crippen molar-refractivity contribution in [1.29, 1.82) is 0 Å². The number of halogens is 2. The number of aromatic nitrogens is 8. The van der Waals surface area contributed by atoms with E-state index in [9.17, 15) is 18.4 Å². The second kappa shape index (κ2) is 28.4. The van der Waals surface area contributed by atoms with Crippen molar-refractivity contribution in [1.82, 2.24) is 48.4 Å². The molecule has 2 amide bonds. The standard InChI is InChI=1S/C33H44FN7O2Si.C27H30FN7O.CH4.K.H/c1-24(2)41-22-35-30(25-7-9-26(34)10-8-25)31(41)32-37-29(21-40(32)23-43-19-20-44(4,5)6)33(42)36-27-11-13-28(14-12-27)39-17-15-38(3)16-18-39;1-18(2)35-17-30-24(19-4-6-20(28)7-5-19)25(35)26-29-16-23(32-26)27(36)31-21-8-10-22(11-9-21)34-14-12-33(3)13-15-34;;;/h7-14,21-22,24H,15-20,23H2,1-6H3,(H,36,42);4-11,16-18H,12-15H2,1-3H3,(H,29,32)(H,31,36);1H4;;/q;;;+1;-1. The van der Waals surface area contributed by atoms with Crippen LogP contribution >= 0.6 is 0 Å². The monoisotopic (exact) mass is 1160 g/mol. The summed E-state index contributed by atoms with van der Waals surface area (Å²) in [5.41, 5.74) is 8.70. The van der Waals surface area contributed by atoms with Crippen LogP contribution in [0.15, 0.2) is 122 Å². The van der Waals surface area contributed by atoms with E-state index in [2.05, 4.69) is 92.8 Å². The van der Waals surface area contributed by atoms with Crippen LogP contribution in [0.25, 0.3) is 45.6 Å². The van der Waals surface area contributed by atoms with Gasteiger partial charge in [0.2, 0.25) is 0 Å². The topological polar surface area (TPSA) is 163 Å². The zero-order valence-corrected chi connectivity index (χ0v) is 52.5. The van der Waals surface area contributed by atoms with Crippen molar-refractivity contribution in [3.63, 3.8) is 0 Å². The molecular formula is C61H79F2KN14O3Si. The van der Waals surface area contributed by atoms with Gasteiger partial charge in [-0.3, -0.25) is 9.59 Å². The first-order chi connectivity index (χ1) is 38.4. The van der Waals surface area contributed by atoms with Crippen LogP contribution in [-0.2, 0) is 11.5 Å². The SMILES string of the molecule is C.CC(C)n1cnc(-c2ccc(F)cc2)c1-c1nc(C(=O)Nc2ccc(N3CCN(C)CC3)cc2)cn1COCC[Si](C)(C)C.CC(C)n1cnc(-c2ccc(F)cc2)c1-c1ncc(C(=O)Nc2ccc(N3CCN(C)CC3)cc2)[nH]1.[H-].[K+]. The number of carbonyl (C=O) groups is 2. The Bertz CT molecular complexity index is 3340. The summed E-state index contributed by atoms with van der Waals surface area (Å²) in [4.78, 5) is 57.6. The Morgan fingerprint density at radius 2 is 1.10 bits per heavy atom. The van der Waals surface area contributed by atoms with Crippen LogP contribution in [0.2, 0.25) is 25.7 Å². The predicted molar refractivity (Wildman–Crippen MR) is 325 cm³/mol. The third kappa shape index (κ3) is 15.9. The van der Waals surface area contributed by atoms with E-state index in [4.69, 9.17) is 14.7 Å². The fourth-order valence-electron chi connectivity index (χ4n) is 9.54. The maximum Gasteiger partial charge on any atom is 1.00 e. The van der Waals surface area contributed by atoms with Crippen molar-refractivity contribution in [3.05, 3.63) is 145 Å². The number of amides is 2. The molecule has 3 N–H and O–H groups in total. The molecule has 0 unspecified atom stereocenters. The number of piperazine rings is 2. The van der Waals surface area contributed by atoms with Crippen molar-refractivity contribution in [2.45, 2.75) is 79.6 Å². The number of hydrogen-bond acceptors (Lipinski definition) is 11. The van der Waals surface area contributed by atoms with Crippen LogP contribution in [0.5, 0.6) is 0 Å². The van der Waals surface area contributed by atoms with Gasteiger partial charge in [-0.25, -0.2) is 28.7 Å². The molecule has 430 valence electrons. The number of aromatic amines is 1. The number of nitrogens with one attached hydrogen (secondary N) is 3. The number of imidazole rings is 4. The number of benzene rings is 4. The van der Waals surface area contributed by atoms with Gasteiger partial charge in [-0.05, 0) is 145 Å². The molecule has 10 rings (SSSR count). The molecule has 2 fully saturated rings. The molecule has 0 spiro atoms. The number of ether oxygens (including phenoxy) is 1. The molecule has 0 aliphatic carbocycles. The number of carbonyl (C=O) groups excluding carboxylic acids is 2. The number of rotatable bonds is 17. The Labute approximate surface area is 526 Å². The van der Waals surface area contributed by atoms with E-state index in [0.29, 0.717) is 46.7 Å². The van der Waals surface area contributed by atoms with Gasteiger partial charge in [-0.15, -0.1) is 0 Å². The summed E-state index contributed by atoms with van der Waals surface area (Å²) in [5.74, 6) is -0.114. The van der Waals surface area contributed by atoms with Crippen LogP contribution in [0, 0.1) is 11.6 Å². The summed E-state index contributed by atoms with van der Waals surface area (Å²) in [5, 5.41) is 5.96. The Hall–Kier alpha value is -6.15. The molecule has 2 aliphatic rings. The Balaban J connectivity index is 0.000000262. The summed E-state index contributed by atoms with van der Waals surface area (Å²) in [7, 11) is 3.00. The maximum absolute atomic E-state index is 13.8. The maximum atomic E-state index is 13.8. The van der Waals surface area contributed by atoms with Gasteiger partial charge in [-0.1, -0.05) is 27.1 Å². The van der Waals surface area contributed by atoms with Gasteiger partial charge in [0.25, 0.3) is 11.8 Å². The van der Waals surface area contributed by atoms with Gasteiger partial charge in [0.1, 0.15) is 41.1 Å². The van der Waals surface area contributed by atoms with Crippen LogP contribution in [-0.4, -0.2) is 141 Å². The number of anilines is 4. The molecular weight excluding hydrogens is 1080 g/mol. The third-order valence-corrected chi connectivity index (χ3v) is 16.1. The van der Waals surface area contributed by atoms with Crippen molar-refractivity contribution < 1.29 is 75.9 Å². The van der Waals surface area contributed by atoms with Gasteiger partial charge in [0.15, 0.2) is 11.6 Å². The van der Waals surface area contributed by atoms with E-state index in [1.165, 1.54) is 30.5 Å². The Morgan fingerprint density at radius 1 is 0.646 bits per heavy atom. The Kier molecular flexibility index (Phi) is 22.0. The molecule has 0 saturated carbocycles. The van der Waals surface area contributed by atoms with Gasteiger partial charge < -0.3 is 55.1 Å². The molecule has 0 bridgehead atoms. The van der Waals surface area contributed by atoms with Crippen LogP contribution in [0.4, 0.5) is 31.5 Å². The summed E-state index contributed by atoms with van der Waals surface area (Å²) < 4.78 is 39.3. The largest absolute Gasteiger partial charge is 1.00 e. The van der Waals surface area contributed by atoms with Crippen LogP contribution in [0.1, 0.15) is 69.6 Å². The van der Waals surface area contributed by atoms with Crippen molar-refractivity contribution in [2.24, 2.45) is 0 Å². The van der Waals surface area contributed by atoms with E-state index in [0.717, 1.165) is 92.3 Å². The van der Waals surface area contributed by atoms with Gasteiger partial charge in [0.05, 0.1) is 30.2 Å². The van der Waals surface area contributed by atoms with E-state index in [-0.39, 0.29) is 108 Å². The van der Waals surface area contributed by atoms with Gasteiger partial charge >= 0.3 is 51.4 Å². The van der Waals surface area contributed by atoms with Crippen molar-refractivity contribution in [3.8, 4) is 45.6 Å². The van der Waals surface area contributed by atoms with Crippen molar-refractivity contribution in [2.75, 3.05) is 93.5 Å². The molecule has 6 heterocycles. The second-order valence-corrected chi connectivity index (χ2v) is 28.0.